The van der Waals surface area contributed by atoms with E-state index < -0.39 is 5.76 Å². The molecule has 0 bridgehead atoms. The zero-order valence-electron chi connectivity index (χ0n) is 17.6. The minimum absolute atomic E-state index is 0.215. The molecule has 1 aromatic carbocycles. The molecule has 0 radical (unpaired) electrons. The van der Waals surface area contributed by atoms with Crippen LogP contribution in [0.4, 0.5) is 5.69 Å². The fraction of sp³-hybridized carbons (Fsp3) is 0.227. The van der Waals surface area contributed by atoms with Crippen LogP contribution in [0.1, 0.15) is 34.4 Å². The first-order valence-electron chi connectivity index (χ1n) is 9.75. The van der Waals surface area contributed by atoms with E-state index in [1.165, 1.54) is 7.05 Å². The van der Waals surface area contributed by atoms with Crippen molar-refractivity contribution in [1.82, 2.24) is 19.9 Å². The van der Waals surface area contributed by atoms with Gasteiger partial charge in [0, 0.05) is 30.2 Å². The van der Waals surface area contributed by atoms with Gasteiger partial charge in [0.1, 0.15) is 11.3 Å². The van der Waals surface area contributed by atoms with Gasteiger partial charge in [-0.3, -0.25) is 9.78 Å². The molecule has 4 rings (SSSR count). The van der Waals surface area contributed by atoms with E-state index in [0.717, 1.165) is 27.9 Å². The molecule has 158 valence electrons. The van der Waals surface area contributed by atoms with E-state index in [0.29, 0.717) is 28.3 Å². The Morgan fingerprint density at radius 1 is 1.16 bits per heavy atom. The summed E-state index contributed by atoms with van der Waals surface area (Å²) in [4.78, 5) is 28.7. The number of aromatic nitrogens is 4. The highest BCUT2D eigenvalue weighted by molar-refractivity contribution is 6.05. The number of amides is 1. The van der Waals surface area contributed by atoms with Crippen molar-refractivity contribution in [2.75, 3.05) is 5.32 Å². The van der Waals surface area contributed by atoms with E-state index in [9.17, 15) is 9.59 Å². The summed E-state index contributed by atoms with van der Waals surface area (Å²) in [6.07, 6.45) is 2.37. The lowest BCUT2D eigenvalue weighted by molar-refractivity contribution is 0.102. The average molecular weight is 419 g/mol. The molecule has 9 heteroatoms. The van der Waals surface area contributed by atoms with E-state index >= 15 is 0 Å². The van der Waals surface area contributed by atoms with Crippen LogP contribution in [0.25, 0.3) is 22.6 Å². The van der Waals surface area contributed by atoms with Crippen LogP contribution in [-0.4, -0.2) is 25.8 Å². The molecule has 3 heterocycles. The van der Waals surface area contributed by atoms with Gasteiger partial charge in [-0.1, -0.05) is 24.2 Å². The molecule has 9 nitrogen and oxygen atoms in total. The molecule has 0 atom stereocenters. The van der Waals surface area contributed by atoms with Crippen LogP contribution in [0.15, 0.2) is 50.3 Å². The lowest BCUT2D eigenvalue weighted by Gasteiger charge is -2.10. The SMILES string of the molecule is CCc1ncc(-c2nn(C)c(=O)o2)cc1-c1ccc(NC(=O)c2c(C)noc2C)cc1. The largest absolute Gasteiger partial charge is 0.437 e. The molecule has 1 amide bonds. The molecule has 31 heavy (non-hydrogen) atoms. The summed E-state index contributed by atoms with van der Waals surface area (Å²) in [5.74, 6) is -0.114. The van der Waals surface area contributed by atoms with Crippen LogP contribution in [-0.2, 0) is 13.5 Å². The van der Waals surface area contributed by atoms with Gasteiger partial charge in [-0.15, -0.1) is 5.10 Å². The van der Waals surface area contributed by atoms with Gasteiger partial charge >= 0.3 is 5.76 Å². The molecule has 0 unspecified atom stereocenters. The highest BCUT2D eigenvalue weighted by Gasteiger charge is 2.18. The molecule has 0 spiro atoms. The van der Waals surface area contributed by atoms with Gasteiger partial charge in [0.05, 0.1) is 11.3 Å². The number of anilines is 1. The van der Waals surface area contributed by atoms with Gasteiger partial charge in [0.25, 0.3) is 11.8 Å². The molecule has 0 saturated carbocycles. The third-order valence-corrected chi connectivity index (χ3v) is 4.96. The van der Waals surface area contributed by atoms with Gasteiger partial charge in [-0.2, -0.15) is 4.68 Å². The molecule has 0 aliphatic heterocycles. The van der Waals surface area contributed by atoms with Crippen LogP contribution in [0, 0.1) is 13.8 Å². The molecular formula is C22H21N5O4. The Morgan fingerprint density at radius 3 is 2.48 bits per heavy atom. The number of hydrogen-bond donors (Lipinski definition) is 1. The zero-order valence-corrected chi connectivity index (χ0v) is 17.6. The number of hydrogen-bond acceptors (Lipinski definition) is 7. The number of aryl methyl sites for hydroxylation is 4. The van der Waals surface area contributed by atoms with Crippen molar-refractivity contribution in [1.29, 1.82) is 0 Å². The van der Waals surface area contributed by atoms with E-state index in [2.05, 4.69) is 20.6 Å². The first-order chi connectivity index (χ1) is 14.9. The van der Waals surface area contributed by atoms with E-state index in [4.69, 9.17) is 8.94 Å². The van der Waals surface area contributed by atoms with Crippen molar-refractivity contribution in [3.8, 4) is 22.6 Å². The molecule has 0 aliphatic rings. The number of carbonyl (C=O) groups excluding carboxylic acids is 1. The minimum atomic E-state index is -0.533. The first-order valence-corrected chi connectivity index (χ1v) is 9.75. The van der Waals surface area contributed by atoms with Gasteiger partial charge < -0.3 is 14.3 Å². The number of rotatable bonds is 5. The Hall–Kier alpha value is -4.01. The second-order valence-corrected chi connectivity index (χ2v) is 7.10. The summed E-state index contributed by atoms with van der Waals surface area (Å²) >= 11 is 0. The van der Waals surface area contributed by atoms with Crippen LogP contribution in [0.5, 0.6) is 0 Å². The number of pyridine rings is 1. The van der Waals surface area contributed by atoms with Crippen LogP contribution in [0.2, 0.25) is 0 Å². The summed E-state index contributed by atoms with van der Waals surface area (Å²) in [5, 5.41) is 10.8. The van der Waals surface area contributed by atoms with Crippen molar-refractivity contribution >= 4 is 11.6 Å². The van der Waals surface area contributed by atoms with Crippen LogP contribution >= 0.6 is 0 Å². The predicted molar refractivity (Wildman–Crippen MR) is 114 cm³/mol. The summed E-state index contributed by atoms with van der Waals surface area (Å²) < 4.78 is 11.4. The summed E-state index contributed by atoms with van der Waals surface area (Å²) in [6, 6.07) is 9.33. The highest BCUT2D eigenvalue weighted by Crippen LogP contribution is 2.29. The van der Waals surface area contributed by atoms with Gasteiger partial charge in [-0.25, -0.2) is 4.79 Å². The Labute approximate surface area is 177 Å². The second kappa shape index (κ2) is 8.02. The summed E-state index contributed by atoms with van der Waals surface area (Å²) in [6.45, 7) is 5.45. The minimum Gasteiger partial charge on any atom is -0.388 e. The Bertz CT molecular complexity index is 1300. The maximum atomic E-state index is 12.5. The monoisotopic (exact) mass is 419 g/mol. The third-order valence-electron chi connectivity index (χ3n) is 4.96. The first kappa shape index (κ1) is 20.3. The van der Waals surface area contributed by atoms with Crippen LogP contribution < -0.4 is 11.1 Å². The van der Waals surface area contributed by atoms with Crippen LogP contribution in [0.3, 0.4) is 0 Å². The van der Waals surface area contributed by atoms with Crippen molar-refractivity contribution in [3.05, 3.63) is 69.8 Å². The molecule has 0 saturated heterocycles. The average Bonchev–Trinajstić information content (AvgIpc) is 3.28. The Morgan fingerprint density at radius 2 is 1.90 bits per heavy atom. The standard InChI is InChI=1S/C22H21N5O4/c1-5-18-17(10-15(11-23-18)21-25-27(4)22(29)30-21)14-6-8-16(9-7-14)24-20(28)19-12(2)26-31-13(19)3/h6-11H,5H2,1-4H3,(H,24,28). The van der Waals surface area contributed by atoms with Gasteiger partial charge in [0.15, 0.2) is 0 Å². The quantitative estimate of drug-likeness (QED) is 0.526. The fourth-order valence-electron chi connectivity index (χ4n) is 3.34. The second-order valence-electron chi connectivity index (χ2n) is 7.10. The van der Waals surface area contributed by atoms with E-state index in [-0.39, 0.29) is 11.8 Å². The smallest absolute Gasteiger partial charge is 0.388 e. The molecule has 3 aromatic heterocycles. The number of benzene rings is 1. The maximum absolute atomic E-state index is 12.5. The number of carbonyl (C=O) groups is 1. The fourth-order valence-corrected chi connectivity index (χ4v) is 3.34. The van der Waals surface area contributed by atoms with E-state index in [1.54, 1.807) is 20.0 Å². The van der Waals surface area contributed by atoms with E-state index in [1.807, 2.05) is 37.3 Å². The van der Waals surface area contributed by atoms with Crippen molar-refractivity contribution in [2.24, 2.45) is 7.05 Å². The molecule has 0 aliphatic carbocycles. The highest BCUT2D eigenvalue weighted by atomic mass is 16.5. The van der Waals surface area contributed by atoms with Gasteiger partial charge in [-0.05, 0) is 44.0 Å². The van der Waals surface area contributed by atoms with Crippen molar-refractivity contribution in [3.63, 3.8) is 0 Å². The molecule has 4 aromatic rings. The number of nitrogens with zero attached hydrogens (tertiary/aromatic N) is 4. The number of nitrogens with one attached hydrogen (secondary N) is 1. The normalized spacial score (nSPS) is 11.0. The summed E-state index contributed by atoms with van der Waals surface area (Å²) in [5.41, 5.74) is 4.95. The van der Waals surface area contributed by atoms with Gasteiger partial charge in [0.2, 0.25) is 0 Å². The zero-order chi connectivity index (χ0) is 22.1. The molecule has 1 N–H and O–H groups in total. The topological polar surface area (TPSA) is 116 Å². The Balaban J connectivity index is 1.63. The molecule has 0 fully saturated rings. The van der Waals surface area contributed by atoms with Crippen molar-refractivity contribution in [2.45, 2.75) is 27.2 Å². The summed E-state index contributed by atoms with van der Waals surface area (Å²) in [7, 11) is 1.53. The lowest BCUT2D eigenvalue weighted by atomic mass is 10.0. The predicted octanol–water partition coefficient (Wildman–Crippen LogP) is 3.52. The Kier molecular flexibility index (Phi) is 5.24. The maximum Gasteiger partial charge on any atom is 0.437 e. The van der Waals surface area contributed by atoms with Crippen molar-refractivity contribution < 1.29 is 13.7 Å². The molecular weight excluding hydrogens is 398 g/mol. The lowest BCUT2D eigenvalue weighted by Crippen LogP contribution is -2.13. The third kappa shape index (κ3) is 3.89.